The molecule has 68 heavy (non-hydrogen) atoms. The molecule has 6 nitrogen and oxygen atoms in total. The van der Waals surface area contributed by atoms with Crippen molar-refractivity contribution < 1.29 is 28.6 Å². The van der Waals surface area contributed by atoms with E-state index in [2.05, 4.69) is 130 Å². The minimum atomic E-state index is -0.790. The topological polar surface area (TPSA) is 78.9 Å². The van der Waals surface area contributed by atoms with E-state index < -0.39 is 6.10 Å². The molecule has 0 aromatic carbocycles. The van der Waals surface area contributed by atoms with E-state index in [1.54, 1.807) is 0 Å². The molecule has 0 aliphatic carbocycles. The lowest BCUT2D eigenvalue weighted by Crippen LogP contribution is -2.30. The summed E-state index contributed by atoms with van der Waals surface area (Å²) in [6.45, 7) is 6.42. The number of rotatable bonds is 49. The predicted molar refractivity (Wildman–Crippen MR) is 293 cm³/mol. The number of unbranched alkanes of at least 4 members (excludes halogenated alkanes) is 20. The molecule has 0 aliphatic rings. The first-order valence-corrected chi connectivity index (χ1v) is 27.9. The first-order valence-electron chi connectivity index (χ1n) is 27.9. The van der Waals surface area contributed by atoms with Gasteiger partial charge in [0.15, 0.2) is 6.10 Å². The molecule has 0 saturated heterocycles. The summed E-state index contributed by atoms with van der Waals surface area (Å²) in [5.41, 5.74) is 0. The van der Waals surface area contributed by atoms with E-state index in [4.69, 9.17) is 14.2 Å². The molecule has 0 radical (unpaired) electrons. The average Bonchev–Trinajstić information content (AvgIpc) is 3.34. The van der Waals surface area contributed by atoms with Crippen molar-refractivity contribution in [2.24, 2.45) is 0 Å². The van der Waals surface area contributed by atoms with Gasteiger partial charge >= 0.3 is 17.9 Å². The third kappa shape index (κ3) is 53.0. The van der Waals surface area contributed by atoms with Gasteiger partial charge in [0.1, 0.15) is 13.2 Å². The summed E-state index contributed by atoms with van der Waals surface area (Å²) < 4.78 is 16.7. The van der Waals surface area contributed by atoms with Crippen LogP contribution in [0.4, 0.5) is 0 Å². The fraction of sp³-hybridized carbons (Fsp3) is 0.661. The van der Waals surface area contributed by atoms with Crippen molar-refractivity contribution in [1.29, 1.82) is 0 Å². The molecule has 0 spiro atoms. The van der Waals surface area contributed by atoms with Crippen LogP contribution in [0.3, 0.4) is 0 Å². The van der Waals surface area contributed by atoms with Crippen molar-refractivity contribution in [2.75, 3.05) is 13.2 Å². The smallest absolute Gasteiger partial charge is 0.306 e. The van der Waals surface area contributed by atoms with E-state index in [1.165, 1.54) is 64.2 Å². The molecule has 6 heteroatoms. The van der Waals surface area contributed by atoms with Crippen LogP contribution in [0.2, 0.25) is 0 Å². The third-order valence-corrected chi connectivity index (χ3v) is 11.5. The van der Waals surface area contributed by atoms with Crippen LogP contribution in [0, 0.1) is 0 Å². The van der Waals surface area contributed by atoms with Gasteiger partial charge in [0.25, 0.3) is 0 Å². The Labute approximate surface area is 419 Å². The second kappa shape index (κ2) is 55.7. The number of carbonyl (C=O) groups is 3. The van der Waals surface area contributed by atoms with Gasteiger partial charge in [-0.25, -0.2) is 0 Å². The Kier molecular flexibility index (Phi) is 52.4. The molecular formula is C62H102O6. The monoisotopic (exact) mass is 943 g/mol. The lowest BCUT2D eigenvalue weighted by molar-refractivity contribution is -0.167. The van der Waals surface area contributed by atoms with Crippen molar-refractivity contribution in [3.63, 3.8) is 0 Å². The van der Waals surface area contributed by atoms with Crippen LogP contribution in [0.25, 0.3) is 0 Å². The number of allylic oxidation sites excluding steroid dienone is 18. The van der Waals surface area contributed by atoms with Gasteiger partial charge in [-0.3, -0.25) is 14.4 Å². The summed E-state index contributed by atoms with van der Waals surface area (Å²) >= 11 is 0. The summed E-state index contributed by atoms with van der Waals surface area (Å²) in [7, 11) is 0. The van der Waals surface area contributed by atoms with E-state index in [0.29, 0.717) is 19.3 Å². The van der Waals surface area contributed by atoms with Crippen molar-refractivity contribution in [3.8, 4) is 0 Å². The molecule has 0 aromatic rings. The zero-order chi connectivity index (χ0) is 49.3. The molecule has 0 rings (SSSR count). The van der Waals surface area contributed by atoms with Crippen LogP contribution in [0.1, 0.15) is 245 Å². The summed E-state index contributed by atoms with van der Waals surface area (Å²) in [4.78, 5) is 37.9. The summed E-state index contributed by atoms with van der Waals surface area (Å²) in [6.07, 6.45) is 75.2. The average molecular weight is 943 g/mol. The minimum Gasteiger partial charge on any atom is -0.462 e. The molecule has 0 saturated carbocycles. The molecule has 0 N–H and O–H groups in total. The van der Waals surface area contributed by atoms with Gasteiger partial charge in [0.2, 0.25) is 0 Å². The highest BCUT2D eigenvalue weighted by atomic mass is 16.6. The number of ether oxygens (including phenoxy) is 3. The van der Waals surface area contributed by atoms with Crippen LogP contribution in [-0.4, -0.2) is 37.2 Å². The highest BCUT2D eigenvalue weighted by Gasteiger charge is 2.19. The van der Waals surface area contributed by atoms with E-state index in [1.807, 2.05) is 0 Å². The molecule has 0 heterocycles. The SMILES string of the molecule is CC/C=C\C/C=C\C/C=C\C/C=C\C/C=C\C/C=C\C/C=C\C/C=C\CCCCCCC(=O)OCC(COC(=O)CCCCCCC/C=C\CCC)OC(=O)CCCCCCCCCCCCC. The predicted octanol–water partition coefficient (Wildman–Crippen LogP) is 18.7. The normalized spacial score (nSPS) is 12.9. The molecule has 0 amide bonds. The van der Waals surface area contributed by atoms with Crippen molar-refractivity contribution in [3.05, 3.63) is 109 Å². The first kappa shape index (κ1) is 64.1. The lowest BCUT2D eigenvalue weighted by atomic mass is 10.1. The van der Waals surface area contributed by atoms with E-state index in [9.17, 15) is 14.4 Å². The van der Waals surface area contributed by atoms with Gasteiger partial charge < -0.3 is 14.2 Å². The number of esters is 3. The van der Waals surface area contributed by atoms with Crippen molar-refractivity contribution >= 4 is 17.9 Å². The van der Waals surface area contributed by atoms with E-state index >= 15 is 0 Å². The Bertz CT molecular complexity index is 1410. The fourth-order valence-corrected chi connectivity index (χ4v) is 7.34. The van der Waals surface area contributed by atoms with Crippen molar-refractivity contribution in [2.45, 2.75) is 252 Å². The minimum absolute atomic E-state index is 0.0903. The Balaban J connectivity index is 4.28. The van der Waals surface area contributed by atoms with Gasteiger partial charge in [0.05, 0.1) is 0 Å². The number of hydrogen-bond acceptors (Lipinski definition) is 6. The van der Waals surface area contributed by atoms with Crippen LogP contribution in [-0.2, 0) is 28.6 Å². The molecule has 0 aromatic heterocycles. The first-order chi connectivity index (χ1) is 33.5. The van der Waals surface area contributed by atoms with Crippen LogP contribution in [0.5, 0.6) is 0 Å². The lowest BCUT2D eigenvalue weighted by Gasteiger charge is -2.18. The van der Waals surface area contributed by atoms with E-state index in [-0.39, 0.29) is 31.1 Å². The Morgan fingerprint density at radius 3 is 0.971 bits per heavy atom. The van der Waals surface area contributed by atoms with E-state index in [0.717, 1.165) is 141 Å². The maximum atomic E-state index is 12.8. The zero-order valence-electron chi connectivity index (χ0n) is 44.1. The largest absolute Gasteiger partial charge is 0.462 e. The Morgan fingerprint density at radius 2 is 0.603 bits per heavy atom. The molecule has 1 atom stereocenters. The molecular weight excluding hydrogens is 841 g/mol. The highest BCUT2D eigenvalue weighted by molar-refractivity contribution is 5.71. The molecule has 0 bridgehead atoms. The molecule has 0 fully saturated rings. The Hall–Kier alpha value is -3.93. The van der Waals surface area contributed by atoms with Crippen molar-refractivity contribution in [1.82, 2.24) is 0 Å². The van der Waals surface area contributed by atoms with Gasteiger partial charge in [-0.15, -0.1) is 0 Å². The van der Waals surface area contributed by atoms with Crippen LogP contribution in [0.15, 0.2) is 109 Å². The van der Waals surface area contributed by atoms with Gasteiger partial charge in [-0.1, -0.05) is 233 Å². The molecule has 1 unspecified atom stereocenters. The maximum Gasteiger partial charge on any atom is 0.306 e. The molecule has 386 valence electrons. The number of carbonyl (C=O) groups excluding carboxylic acids is 3. The molecule has 0 aliphatic heterocycles. The van der Waals surface area contributed by atoms with Gasteiger partial charge in [0, 0.05) is 19.3 Å². The summed E-state index contributed by atoms with van der Waals surface area (Å²) in [6, 6.07) is 0. The Morgan fingerprint density at radius 1 is 0.309 bits per heavy atom. The maximum absolute atomic E-state index is 12.8. The zero-order valence-corrected chi connectivity index (χ0v) is 44.1. The second-order valence-electron chi connectivity index (χ2n) is 18.1. The number of hydrogen-bond donors (Lipinski definition) is 0. The third-order valence-electron chi connectivity index (χ3n) is 11.5. The summed E-state index contributed by atoms with van der Waals surface area (Å²) in [5, 5.41) is 0. The highest BCUT2D eigenvalue weighted by Crippen LogP contribution is 2.14. The summed E-state index contributed by atoms with van der Waals surface area (Å²) in [5.74, 6) is -0.929. The fourth-order valence-electron chi connectivity index (χ4n) is 7.34. The quantitative estimate of drug-likeness (QED) is 0.0262. The van der Waals surface area contributed by atoms with Crippen LogP contribution < -0.4 is 0 Å². The van der Waals surface area contributed by atoms with Gasteiger partial charge in [-0.2, -0.15) is 0 Å². The van der Waals surface area contributed by atoms with Crippen LogP contribution >= 0.6 is 0 Å². The second-order valence-corrected chi connectivity index (χ2v) is 18.1. The standard InChI is InChI=1S/C62H102O6/c1-4-7-10-13-16-19-22-23-24-25-26-27-28-29-30-31-32-33-34-35-36-37-38-39-41-43-46-49-52-55-61(64)67-58-59(57-66-60(63)54-51-48-45-42-21-18-15-12-9-6-3)68-62(65)56-53-50-47-44-40-20-17-14-11-8-5-2/h7,10,12,15-16,19,23-24,26-27,29-30,32-33,35-36,38-39,59H,4-6,8-9,11,13-14,17-18,20-22,25,28,31,34,37,40-58H2,1-3H3/b10-7-,15-12-,19-16-,24-23-,27-26-,30-29-,33-32-,36-35-,39-38-. The van der Waals surface area contributed by atoms with Gasteiger partial charge in [-0.05, 0) is 103 Å².